The molecule has 0 spiro atoms. The van der Waals surface area contributed by atoms with Gasteiger partial charge < -0.3 is 74.7 Å². The largest absolute Gasteiger partial charge is 0.480 e. The Balaban J connectivity index is 2.74. The van der Waals surface area contributed by atoms with Crippen LogP contribution in [0.25, 0.3) is 0 Å². The molecule has 10 atom stereocenters. The normalized spacial score (nSPS) is 24.6. The number of hydrogen-bond acceptors (Lipinski definition) is 12. The van der Waals surface area contributed by atoms with Crippen LogP contribution >= 0.6 is 0 Å². The highest BCUT2D eigenvalue weighted by molar-refractivity contribution is 6.00. The highest BCUT2D eigenvalue weighted by Crippen LogP contribution is 2.19. The molecule has 1 unspecified atom stereocenters. The summed E-state index contributed by atoms with van der Waals surface area (Å²) >= 11 is 0. The van der Waals surface area contributed by atoms with E-state index in [0.29, 0.717) is 12.0 Å². The number of nitrogens with one attached hydrogen (secondary N) is 6. The number of rotatable bonds is 17. The first kappa shape index (κ1) is 62.3. The molecular formula is C49H75N13O12. The molecule has 1 fully saturated rings. The van der Waals surface area contributed by atoms with Gasteiger partial charge in [-0.25, -0.2) is 9.59 Å². The second kappa shape index (κ2) is 30.9. The number of amides is 7. The van der Waals surface area contributed by atoms with Gasteiger partial charge >= 0.3 is 11.9 Å². The van der Waals surface area contributed by atoms with Crippen LogP contribution in [0.1, 0.15) is 78.7 Å². The van der Waals surface area contributed by atoms with E-state index in [1.165, 1.54) is 33.9 Å². The Kier molecular flexibility index (Phi) is 26.0. The number of carboxylic acid groups (broad SMARTS) is 2. The number of benzene rings is 1. The van der Waals surface area contributed by atoms with E-state index in [0.717, 1.165) is 10.5 Å². The zero-order valence-corrected chi connectivity index (χ0v) is 43.1. The number of hydrogen-bond donors (Lipinski definition) is 12. The third-order valence-electron chi connectivity index (χ3n) is 12.2. The van der Waals surface area contributed by atoms with Crippen LogP contribution in [-0.2, 0) is 54.3 Å². The second-order valence-electron chi connectivity index (χ2n) is 18.1. The lowest BCUT2D eigenvalue weighted by molar-refractivity contribution is -0.146. The van der Waals surface area contributed by atoms with Crippen LogP contribution in [0.5, 0.6) is 0 Å². The third-order valence-corrected chi connectivity index (χ3v) is 12.2. The number of methoxy groups -OCH3 is 1. The third kappa shape index (κ3) is 21.1. The minimum atomic E-state index is -1.95. The van der Waals surface area contributed by atoms with Crippen molar-refractivity contribution in [1.82, 2.24) is 36.8 Å². The molecule has 1 heterocycles. The van der Waals surface area contributed by atoms with Gasteiger partial charge in [0.25, 0.3) is 5.91 Å². The van der Waals surface area contributed by atoms with Crippen molar-refractivity contribution in [3.63, 3.8) is 0 Å². The maximum atomic E-state index is 14.4. The molecule has 25 heteroatoms. The van der Waals surface area contributed by atoms with Gasteiger partial charge in [-0.3, -0.25) is 43.5 Å². The molecule has 25 nitrogen and oxygen atoms in total. The summed E-state index contributed by atoms with van der Waals surface area (Å²) < 4.78 is 5.81. The number of carbonyl (C=O) groups excluding carboxylic acids is 7. The molecule has 2 rings (SSSR count). The molecule has 1 aromatic rings. The van der Waals surface area contributed by atoms with E-state index in [-0.39, 0.29) is 62.7 Å². The van der Waals surface area contributed by atoms with Crippen molar-refractivity contribution in [2.24, 2.45) is 50.7 Å². The average molecular weight is 1040 g/mol. The predicted octanol–water partition coefficient (Wildman–Crippen LogP) is -1.37. The first-order chi connectivity index (χ1) is 34.8. The van der Waals surface area contributed by atoms with Crippen LogP contribution < -0.4 is 54.8 Å². The zero-order valence-electron chi connectivity index (χ0n) is 43.1. The van der Waals surface area contributed by atoms with E-state index in [1.807, 2.05) is 43.3 Å². The quantitative estimate of drug-likeness (QED) is 0.0281. The highest BCUT2D eigenvalue weighted by atomic mass is 16.5. The SMILES string of the molecule is C=C1C(=O)N[C@H](C)C(=O)N[C@@H](CCCN=C(N)N)C(=O)N[C@@H](C(=O)O)[C@H](C)C(=O)N[C@@H](CCCN=C(N)N)C(=O)N[C@@H](/C=C/C(C)=C\[C@H](C)[C@H](Cc2ccccc2)OC)[C@H](C)C(=O)NC(C(=O)O)CCC(=O)N1C. The van der Waals surface area contributed by atoms with Gasteiger partial charge in [-0.1, -0.05) is 81.5 Å². The van der Waals surface area contributed by atoms with Crippen molar-refractivity contribution in [2.75, 3.05) is 27.2 Å². The molecule has 1 saturated heterocycles. The number of carbonyl (C=O) groups is 9. The summed E-state index contributed by atoms with van der Waals surface area (Å²) in [6.07, 6.45) is 4.40. The lowest BCUT2D eigenvalue weighted by Crippen LogP contribution is -2.59. The number of nitrogens with two attached hydrogens (primary N) is 4. The van der Waals surface area contributed by atoms with Crippen molar-refractivity contribution in [2.45, 2.75) is 122 Å². The Hall–Kier alpha value is -7.83. The van der Waals surface area contributed by atoms with Gasteiger partial charge in [-0.15, -0.1) is 0 Å². The molecule has 1 aromatic carbocycles. The Labute approximate surface area is 430 Å². The summed E-state index contributed by atoms with van der Waals surface area (Å²) in [6, 6.07) is 0.633. The van der Waals surface area contributed by atoms with Crippen LogP contribution in [-0.4, -0.2) is 150 Å². The number of likely N-dealkylation sites (N-methyl/N-ethyl adjacent to an activating group) is 1. The van der Waals surface area contributed by atoms with Gasteiger partial charge in [0.15, 0.2) is 11.9 Å². The number of aliphatic imine (C=N–C) groups is 2. The minimum absolute atomic E-state index is 0.00394. The van der Waals surface area contributed by atoms with Gasteiger partial charge in [0.1, 0.15) is 35.9 Å². The molecule has 0 aliphatic carbocycles. The van der Waals surface area contributed by atoms with Gasteiger partial charge in [0.2, 0.25) is 35.4 Å². The Morgan fingerprint density at radius 1 is 0.784 bits per heavy atom. The molecule has 0 bridgehead atoms. The van der Waals surface area contributed by atoms with Crippen molar-refractivity contribution in [3.05, 3.63) is 72.0 Å². The van der Waals surface area contributed by atoms with Crippen molar-refractivity contribution in [1.29, 1.82) is 0 Å². The molecular weight excluding hydrogens is 963 g/mol. The molecule has 1 aliphatic rings. The fraction of sp³-hybridized carbons (Fsp3) is 0.531. The molecule has 1 aliphatic heterocycles. The van der Waals surface area contributed by atoms with Crippen LogP contribution in [0.3, 0.4) is 0 Å². The van der Waals surface area contributed by atoms with Crippen molar-refractivity contribution >= 4 is 65.2 Å². The smallest absolute Gasteiger partial charge is 0.327 e. The second-order valence-corrected chi connectivity index (χ2v) is 18.1. The fourth-order valence-corrected chi connectivity index (χ4v) is 7.53. The van der Waals surface area contributed by atoms with Crippen LogP contribution in [0.2, 0.25) is 0 Å². The first-order valence-electron chi connectivity index (χ1n) is 24.1. The van der Waals surface area contributed by atoms with E-state index in [4.69, 9.17) is 27.7 Å². The van der Waals surface area contributed by atoms with Gasteiger partial charge in [-0.2, -0.15) is 0 Å². The summed E-state index contributed by atoms with van der Waals surface area (Å²) in [7, 11) is 2.80. The number of aliphatic carboxylic acids is 2. The molecule has 0 radical (unpaired) electrons. The topological polar surface area (TPSA) is 408 Å². The number of allylic oxidation sites excluding steroid dienone is 2. The summed E-state index contributed by atoms with van der Waals surface area (Å²) in [5.41, 5.74) is 23.2. The summed E-state index contributed by atoms with van der Waals surface area (Å²) in [6.45, 7) is 11.2. The Bertz CT molecular complexity index is 2280. The molecule has 7 amide bonds. The summed E-state index contributed by atoms with van der Waals surface area (Å²) in [5.74, 6) is -13.1. The maximum Gasteiger partial charge on any atom is 0.327 e. The molecule has 408 valence electrons. The highest BCUT2D eigenvalue weighted by Gasteiger charge is 2.37. The van der Waals surface area contributed by atoms with Gasteiger partial charge in [-0.05, 0) is 57.9 Å². The summed E-state index contributed by atoms with van der Waals surface area (Å²) in [5, 5.41) is 35.4. The maximum absolute atomic E-state index is 14.4. The molecule has 0 saturated carbocycles. The fourth-order valence-electron chi connectivity index (χ4n) is 7.53. The van der Waals surface area contributed by atoms with E-state index in [2.05, 4.69) is 48.5 Å². The van der Waals surface area contributed by atoms with E-state index in [1.54, 1.807) is 20.1 Å². The number of ether oxygens (including phenoxy) is 1. The number of carboxylic acids is 2. The van der Waals surface area contributed by atoms with Crippen LogP contribution in [0.4, 0.5) is 0 Å². The van der Waals surface area contributed by atoms with Crippen LogP contribution in [0, 0.1) is 17.8 Å². The minimum Gasteiger partial charge on any atom is -0.480 e. The Morgan fingerprint density at radius 3 is 1.85 bits per heavy atom. The van der Waals surface area contributed by atoms with Gasteiger partial charge in [0, 0.05) is 39.6 Å². The number of nitrogens with zero attached hydrogens (tertiary/aromatic N) is 3. The summed E-state index contributed by atoms with van der Waals surface area (Å²) in [4.78, 5) is 130. The lowest BCUT2D eigenvalue weighted by Gasteiger charge is -2.28. The van der Waals surface area contributed by atoms with Crippen molar-refractivity contribution in [3.8, 4) is 0 Å². The standard InChI is InChI=1S/C49H75N13O12/c1-26(24-27(2)37(74-8)25-32-14-10-9-11-15-32)18-19-33-28(3)40(64)60-36(46(70)71)20-21-38(63)62(7)31(6)43(67)56-30(5)42(66)59-35(17-13-23-55-49(52)53)45(69)61-39(47(72)73)29(4)41(65)58-34(44(68)57-33)16-12-22-54-48(50)51/h9-11,14-15,18-19,24,27-30,33-37,39H,6,12-13,16-17,20-23,25H2,1-5,7-8H3,(H,56,67)(H,57,68)(H,58,65)(H,59,66)(H,60,64)(H,61,69)(H,70,71)(H,72,73)(H4,50,51,54)(H4,52,53,55)/b19-18+,26-24-/t27-,28-,29-,30+,33-,34-,35-,36?,37-,39+/m0/s1. The number of guanidine groups is 2. The van der Waals surface area contributed by atoms with Crippen molar-refractivity contribution < 1.29 is 58.1 Å². The zero-order chi connectivity index (χ0) is 55.8. The van der Waals surface area contributed by atoms with Gasteiger partial charge in [0.05, 0.1) is 24.0 Å². The van der Waals surface area contributed by atoms with E-state index >= 15 is 0 Å². The van der Waals surface area contributed by atoms with E-state index < -0.39 is 120 Å². The molecule has 16 N–H and O–H groups in total. The first-order valence-corrected chi connectivity index (χ1v) is 24.1. The lowest BCUT2D eigenvalue weighted by atomic mass is 9.94. The van der Waals surface area contributed by atoms with E-state index in [9.17, 15) is 53.4 Å². The monoisotopic (exact) mass is 1040 g/mol. The Morgan fingerprint density at radius 2 is 1.32 bits per heavy atom. The predicted molar refractivity (Wildman–Crippen MR) is 275 cm³/mol. The molecule has 74 heavy (non-hydrogen) atoms. The molecule has 0 aromatic heterocycles. The average Bonchev–Trinajstić information content (AvgIpc) is 3.34. The van der Waals surface area contributed by atoms with Crippen LogP contribution in [0.15, 0.2) is 76.4 Å².